The lowest BCUT2D eigenvalue weighted by Gasteiger charge is -2.16. The average Bonchev–Trinajstić information content (AvgIpc) is 2.64. The van der Waals surface area contributed by atoms with Crippen molar-refractivity contribution in [2.45, 2.75) is 38.6 Å². The summed E-state index contributed by atoms with van der Waals surface area (Å²) in [6.45, 7) is 0.708. The number of nitrogens with one attached hydrogen (secondary N) is 1. The van der Waals surface area contributed by atoms with Crippen LogP contribution in [0.25, 0.3) is 10.9 Å². The summed E-state index contributed by atoms with van der Waals surface area (Å²) < 4.78 is 14.8. The summed E-state index contributed by atoms with van der Waals surface area (Å²) in [7, 11) is 0. The first kappa shape index (κ1) is 17.4. The standard InChI is InChI=1S/C21H20FN3O2/c22-15-8-6-14(7-9-15)20(26)23-16-10-11-17-18(13-16)24-19-5-3-1-2-4-12-25(19)21(17)27/h6-11,13H,1-5,12H2,(H,23,26). The number of rotatable bonds is 2. The second-order valence-electron chi connectivity index (χ2n) is 6.84. The lowest BCUT2D eigenvalue weighted by atomic mass is 10.1. The Morgan fingerprint density at radius 3 is 2.63 bits per heavy atom. The first-order valence-corrected chi connectivity index (χ1v) is 9.22. The van der Waals surface area contributed by atoms with Crippen LogP contribution in [0.4, 0.5) is 10.1 Å². The number of hydrogen-bond acceptors (Lipinski definition) is 3. The number of carbonyl (C=O) groups is 1. The van der Waals surface area contributed by atoms with E-state index in [1.807, 2.05) is 0 Å². The van der Waals surface area contributed by atoms with E-state index in [2.05, 4.69) is 5.32 Å². The topological polar surface area (TPSA) is 64.0 Å². The van der Waals surface area contributed by atoms with E-state index in [9.17, 15) is 14.0 Å². The molecule has 0 atom stereocenters. The SMILES string of the molecule is O=C(Nc1ccc2c(=O)n3c(nc2c1)CCCCCC3)c1ccc(F)cc1. The average molecular weight is 365 g/mol. The third-order valence-electron chi connectivity index (χ3n) is 4.93. The highest BCUT2D eigenvalue weighted by molar-refractivity contribution is 6.05. The second-order valence-corrected chi connectivity index (χ2v) is 6.84. The maximum Gasteiger partial charge on any atom is 0.261 e. The van der Waals surface area contributed by atoms with Gasteiger partial charge in [-0.25, -0.2) is 9.37 Å². The van der Waals surface area contributed by atoms with Gasteiger partial charge in [0.05, 0.1) is 10.9 Å². The van der Waals surface area contributed by atoms with Gasteiger partial charge in [0.1, 0.15) is 11.6 Å². The third-order valence-corrected chi connectivity index (χ3v) is 4.93. The van der Waals surface area contributed by atoms with Gasteiger partial charge in [-0.1, -0.05) is 12.8 Å². The molecule has 0 unspecified atom stereocenters. The molecule has 2 heterocycles. The lowest BCUT2D eigenvalue weighted by Crippen LogP contribution is -2.26. The minimum absolute atomic E-state index is 0.0201. The Kier molecular flexibility index (Phi) is 4.71. The number of hydrogen-bond donors (Lipinski definition) is 1. The van der Waals surface area contributed by atoms with Crippen molar-refractivity contribution in [2.24, 2.45) is 0 Å². The molecule has 1 amide bonds. The Morgan fingerprint density at radius 1 is 1.04 bits per heavy atom. The molecule has 1 N–H and O–H groups in total. The van der Waals surface area contributed by atoms with Gasteiger partial charge in [0.25, 0.3) is 11.5 Å². The zero-order valence-corrected chi connectivity index (χ0v) is 14.9. The monoisotopic (exact) mass is 365 g/mol. The van der Waals surface area contributed by atoms with Crippen LogP contribution in [0.1, 0.15) is 41.9 Å². The number of fused-ring (bicyclic) bond motifs is 2. The highest BCUT2D eigenvalue weighted by Gasteiger charge is 2.14. The van der Waals surface area contributed by atoms with E-state index in [-0.39, 0.29) is 11.5 Å². The van der Waals surface area contributed by atoms with E-state index < -0.39 is 5.82 Å². The van der Waals surface area contributed by atoms with Crippen LogP contribution in [0.5, 0.6) is 0 Å². The van der Waals surface area contributed by atoms with Gasteiger partial charge in [0.2, 0.25) is 0 Å². The van der Waals surface area contributed by atoms with Gasteiger partial charge in [-0.15, -0.1) is 0 Å². The van der Waals surface area contributed by atoms with Gasteiger partial charge in [-0.05, 0) is 55.3 Å². The maximum absolute atomic E-state index is 13.0. The molecule has 4 rings (SSSR count). The zero-order chi connectivity index (χ0) is 18.8. The highest BCUT2D eigenvalue weighted by Crippen LogP contribution is 2.19. The van der Waals surface area contributed by atoms with E-state index in [1.165, 1.54) is 24.3 Å². The fourth-order valence-corrected chi connectivity index (χ4v) is 3.48. The molecule has 0 saturated carbocycles. The summed E-state index contributed by atoms with van der Waals surface area (Å²) >= 11 is 0. The largest absolute Gasteiger partial charge is 0.322 e. The maximum atomic E-state index is 13.0. The number of aryl methyl sites for hydroxylation is 1. The molecule has 27 heavy (non-hydrogen) atoms. The van der Waals surface area contributed by atoms with Gasteiger partial charge in [-0.3, -0.25) is 14.2 Å². The smallest absolute Gasteiger partial charge is 0.261 e. The van der Waals surface area contributed by atoms with Gasteiger partial charge in [0.15, 0.2) is 0 Å². The van der Waals surface area contributed by atoms with Gasteiger partial charge in [-0.2, -0.15) is 0 Å². The summed E-state index contributed by atoms with van der Waals surface area (Å²) in [5.41, 5.74) is 1.49. The van der Waals surface area contributed by atoms with E-state index in [0.717, 1.165) is 37.9 Å². The Morgan fingerprint density at radius 2 is 1.81 bits per heavy atom. The van der Waals surface area contributed by atoms with Crippen molar-refractivity contribution in [1.29, 1.82) is 0 Å². The van der Waals surface area contributed by atoms with Crippen molar-refractivity contribution in [1.82, 2.24) is 9.55 Å². The fraction of sp³-hybridized carbons (Fsp3) is 0.286. The molecule has 3 aromatic rings. The number of nitrogens with zero attached hydrogens (tertiary/aromatic N) is 2. The number of halogens is 1. The second kappa shape index (κ2) is 7.31. The predicted molar refractivity (Wildman–Crippen MR) is 103 cm³/mol. The number of amides is 1. The number of aromatic nitrogens is 2. The van der Waals surface area contributed by atoms with Crippen LogP contribution in [0.3, 0.4) is 0 Å². The van der Waals surface area contributed by atoms with Crippen LogP contribution in [0.15, 0.2) is 47.3 Å². The van der Waals surface area contributed by atoms with Gasteiger partial charge >= 0.3 is 0 Å². The Labute approximate surface area is 155 Å². The Hall–Kier alpha value is -3.02. The highest BCUT2D eigenvalue weighted by atomic mass is 19.1. The minimum Gasteiger partial charge on any atom is -0.322 e. The quantitative estimate of drug-likeness (QED) is 0.749. The third kappa shape index (κ3) is 3.60. The van der Waals surface area contributed by atoms with Crippen LogP contribution in [0.2, 0.25) is 0 Å². The molecular formula is C21H20FN3O2. The summed E-state index contributed by atoms with van der Waals surface area (Å²) in [5.74, 6) is 0.0879. The number of carbonyl (C=O) groups excluding carboxylic acids is 1. The van der Waals surface area contributed by atoms with Gasteiger partial charge in [0, 0.05) is 24.2 Å². The molecule has 2 aromatic carbocycles. The number of anilines is 1. The van der Waals surface area contributed by atoms with Crippen LogP contribution >= 0.6 is 0 Å². The van der Waals surface area contributed by atoms with Gasteiger partial charge < -0.3 is 5.32 Å². The van der Waals surface area contributed by atoms with Crippen molar-refractivity contribution < 1.29 is 9.18 Å². The van der Waals surface area contributed by atoms with Crippen LogP contribution in [0, 0.1) is 5.82 Å². The molecular weight excluding hydrogens is 345 g/mol. The molecule has 0 radical (unpaired) electrons. The molecule has 5 nitrogen and oxygen atoms in total. The van der Waals surface area contributed by atoms with Crippen LogP contribution < -0.4 is 10.9 Å². The van der Waals surface area contributed by atoms with E-state index in [0.29, 0.717) is 28.7 Å². The molecule has 138 valence electrons. The molecule has 0 fully saturated rings. The van der Waals surface area contributed by atoms with E-state index in [1.54, 1.807) is 22.8 Å². The predicted octanol–water partition coefficient (Wildman–Crippen LogP) is 3.90. The molecule has 0 spiro atoms. The molecule has 0 bridgehead atoms. The van der Waals surface area contributed by atoms with E-state index in [4.69, 9.17) is 4.98 Å². The molecule has 0 aliphatic carbocycles. The summed E-state index contributed by atoms with van der Waals surface area (Å²) in [6, 6.07) is 10.5. The fourth-order valence-electron chi connectivity index (χ4n) is 3.48. The van der Waals surface area contributed by atoms with Crippen molar-refractivity contribution in [3.05, 3.63) is 70.0 Å². The number of benzene rings is 2. The first-order valence-electron chi connectivity index (χ1n) is 9.22. The summed E-state index contributed by atoms with van der Waals surface area (Å²) in [6.07, 6.45) is 5.10. The Balaban J connectivity index is 1.67. The van der Waals surface area contributed by atoms with Crippen molar-refractivity contribution >= 4 is 22.5 Å². The van der Waals surface area contributed by atoms with E-state index >= 15 is 0 Å². The minimum atomic E-state index is -0.390. The summed E-state index contributed by atoms with van der Waals surface area (Å²) in [5, 5.41) is 3.34. The van der Waals surface area contributed by atoms with Crippen LogP contribution in [-0.4, -0.2) is 15.5 Å². The Bertz CT molecular complexity index is 1060. The molecule has 1 aromatic heterocycles. The first-order chi connectivity index (χ1) is 13.1. The van der Waals surface area contributed by atoms with Crippen LogP contribution in [-0.2, 0) is 13.0 Å². The normalized spacial score (nSPS) is 14.3. The molecule has 6 heteroatoms. The molecule has 1 aliphatic heterocycles. The molecule has 0 saturated heterocycles. The van der Waals surface area contributed by atoms with Crippen molar-refractivity contribution in [3.63, 3.8) is 0 Å². The molecule has 1 aliphatic rings. The summed E-state index contributed by atoms with van der Waals surface area (Å²) in [4.78, 5) is 29.8. The van der Waals surface area contributed by atoms with Crippen molar-refractivity contribution in [2.75, 3.05) is 5.32 Å². The lowest BCUT2D eigenvalue weighted by molar-refractivity contribution is 0.102. The zero-order valence-electron chi connectivity index (χ0n) is 14.9. The van der Waals surface area contributed by atoms with Crippen molar-refractivity contribution in [3.8, 4) is 0 Å².